The predicted molar refractivity (Wildman–Crippen MR) is 106 cm³/mol. The molecule has 1 fully saturated rings. The van der Waals surface area contributed by atoms with Crippen molar-refractivity contribution in [2.75, 3.05) is 11.9 Å². The van der Waals surface area contributed by atoms with Gasteiger partial charge in [-0.15, -0.1) is 0 Å². The molecule has 0 aliphatic carbocycles. The summed E-state index contributed by atoms with van der Waals surface area (Å²) < 4.78 is 0. The minimum atomic E-state index is -0.603. The molecule has 7 heteroatoms. The Balaban J connectivity index is 1.78. The van der Waals surface area contributed by atoms with Crippen molar-refractivity contribution in [3.63, 3.8) is 0 Å². The first-order valence-corrected chi connectivity index (χ1v) is 9.30. The second-order valence-electron chi connectivity index (χ2n) is 6.41. The number of nitrogens with zero attached hydrogens (tertiary/aromatic N) is 1. The van der Waals surface area contributed by atoms with E-state index in [9.17, 15) is 14.4 Å². The van der Waals surface area contributed by atoms with Crippen molar-refractivity contribution < 1.29 is 14.4 Å². The van der Waals surface area contributed by atoms with Gasteiger partial charge < -0.3 is 10.2 Å². The summed E-state index contributed by atoms with van der Waals surface area (Å²) in [5.41, 5.74) is 1.31. The summed E-state index contributed by atoms with van der Waals surface area (Å²) in [7, 11) is 0. The van der Waals surface area contributed by atoms with E-state index in [0.717, 1.165) is 6.42 Å². The zero-order valence-corrected chi connectivity index (χ0v) is 16.2. The number of hydrogen-bond acceptors (Lipinski definition) is 3. The Morgan fingerprint density at radius 2 is 1.89 bits per heavy atom. The molecule has 0 bridgehead atoms. The molecule has 1 heterocycles. The van der Waals surface area contributed by atoms with Crippen LogP contribution in [-0.4, -0.2) is 35.1 Å². The second kappa shape index (κ2) is 8.11. The van der Waals surface area contributed by atoms with Crippen LogP contribution in [0.25, 0.3) is 0 Å². The van der Waals surface area contributed by atoms with Crippen LogP contribution in [0.1, 0.15) is 40.5 Å². The van der Waals surface area contributed by atoms with Gasteiger partial charge in [-0.25, -0.2) is 0 Å². The SMILES string of the molecule is CC(=O)c1cccc(NC(=O)C2CCCN2C(=O)c2cc(Cl)ccc2Cl)c1. The van der Waals surface area contributed by atoms with E-state index in [1.165, 1.54) is 17.9 Å². The van der Waals surface area contributed by atoms with Crippen LogP contribution in [0.2, 0.25) is 10.0 Å². The maximum atomic E-state index is 12.9. The number of nitrogens with one attached hydrogen (secondary N) is 1. The molecule has 1 N–H and O–H groups in total. The van der Waals surface area contributed by atoms with E-state index >= 15 is 0 Å². The van der Waals surface area contributed by atoms with Crippen LogP contribution < -0.4 is 5.32 Å². The lowest BCUT2D eigenvalue weighted by Gasteiger charge is -2.24. The number of anilines is 1. The van der Waals surface area contributed by atoms with Crippen molar-refractivity contribution >= 4 is 46.5 Å². The highest BCUT2D eigenvalue weighted by Gasteiger charge is 2.35. The van der Waals surface area contributed by atoms with Gasteiger partial charge >= 0.3 is 0 Å². The Bertz CT molecular complexity index is 914. The fraction of sp³-hybridized carbons (Fsp3) is 0.250. The maximum Gasteiger partial charge on any atom is 0.256 e. The number of benzene rings is 2. The Morgan fingerprint density at radius 3 is 2.63 bits per heavy atom. The van der Waals surface area contributed by atoms with Crippen LogP contribution in [0.3, 0.4) is 0 Å². The van der Waals surface area contributed by atoms with Gasteiger partial charge in [-0.2, -0.15) is 0 Å². The third kappa shape index (κ3) is 4.31. The van der Waals surface area contributed by atoms with Gasteiger partial charge in [-0.05, 0) is 50.1 Å². The summed E-state index contributed by atoms with van der Waals surface area (Å²) >= 11 is 12.1. The summed E-state index contributed by atoms with van der Waals surface area (Å²) in [4.78, 5) is 38.7. The number of likely N-dealkylation sites (tertiary alicyclic amines) is 1. The van der Waals surface area contributed by atoms with Crippen molar-refractivity contribution in [2.45, 2.75) is 25.8 Å². The van der Waals surface area contributed by atoms with Crippen molar-refractivity contribution in [3.8, 4) is 0 Å². The molecule has 140 valence electrons. The lowest BCUT2D eigenvalue weighted by molar-refractivity contribution is -0.119. The van der Waals surface area contributed by atoms with Crippen LogP contribution in [0, 0.1) is 0 Å². The predicted octanol–water partition coefficient (Wildman–Crippen LogP) is 4.44. The summed E-state index contributed by atoms with van der Waals surface area (Å²) in [6.07, 6.45) is 1.28. The number of carbonyl (C=O) groups is 3. The summed E-state index contributed by atoms with van der Waals surface area (Å²) in [6, 6.07) is 10.8. The number of amides is 2. The van der Waals surface area contributed by atoms with Crippen LogP contribution in [-0.2, 0) is 4.79 Å². The van der Waals surface area contributed by atoms with Crippen LogP contribution in [0.15, 0.2) is 42.5 Å². The van der Waals surface area contributed by atoms with Crippen molar-refractivity contribution in [1.82, 2.24) is 4.90 Å². The molecular weight excluding hydrogens is 387 g/mol. The molecule has 0 aromatic heterocycles. The van der Waals surface area contributed by atoms with Crippen molar-refractivity contribution in [1.29, 1.82) is 0 Å². The van der Waals surface area contributed by atoms with Gasteiger partial charge in [0.05, 0.1) is 10.6 Å². The Morgan fingerprint density at radius 1 is 1.11 bits per heavy atom. The molecule has 1 unspecified atom stereocenters. The molecule has 5 nitrogen and oxygen atoms in total. The molecule has 1 aliphatic heterocycles. The maximum absolute atomic E-state index is 12.9. The van der Waals surface area contributed by atoms with Gasteiger partial charge in [-0.1, -0.05) is 35.3 Å². The number of rotatable bonds is 4. The monoisotopic (exact) mass is 404 g/mol. The Labute approximate surface area is 167 Å². The van der Waals surface area contributed by atoms with Gasteiger partial charge in [0.15, 0.2) is 5.78 Å². The molecule has 27 heavy (non-hydrogen) atoms. The molecule has 2 aromatic carbocycles. The summed E-state index contributed by atoms with van der Waals surface area (Å²) in [5, 5.41) is 3.50. The van der Waals surface area contributed by atoms with E-state index in [-0.39, 0.29) is 23.2 Å². The highest BCUT2D eigenvalue weighted by atomic mass is 35.5. The Kier molecular flexibility index (Phi) is 5.82. The van der Waals surface area contributed by atoms with Crippen LogP contribution in [0.4, 0.5) is 5.69 Å². The quantitative estimate of drug-likeness (QED) is 0.765. The molecule has 1 atom stereocenters. The van der Waals surface area contributed by atoms with Crippen molar-refractivity contribution in [3.05, 3.63) is 63.6 Å². The summed E-state index contributed by atoms with van der Waals surface area (Å²) in [6.45, 7) is 1.93. The van der Waals surface area contributed by atoms with E-state index in [1.807, 2.05) is 0 Å². The van der Waals surface area contributed by atoms with Crippen LogP contribution in [0.5, 0.6) is 0 Å². The minimum Gasteiger partial charge on any atom is -0.327 e. The molecular formula is C20H18Cl2N2O3. The highest BCUT2D eigenvalue weighted by molar-refractivity contribution is 6.35. The molecule has 1 saturated heterocycles. The normalized spacial score (nSPS) is 16.3. The fourth-order valence-corrected chi connectivity index (χ4v) is 3.51. The average Bonchev–Trinajstić information content (AvgIpc) is 3.13. The second-order valence-corrected chi connectivity index (χ2v) is 7.25. The number of halogens is 2. The molecule has 2 amide bonds. The van der Waals surface area contributed by atoms with E-state index in [2.05, 4.69) is 5.32 Å². The van der Waals surface area contributed by atoms with E-state index in [1.54, 1.807) is 36.4 Å². The van der Waals surface area contributed by atoms with Gasteiger partial charge in [0.2, 0.25) is 5.91 Å². The van der Waals surface area contributed by atoms with E-state index in [0.29, 0.717) is 34.3 Å². The number of ketones is 1. The molecule has 0 spiro atoms. The zero-order chi connectivity index (χ0) is 19.6. The summed E-state index contributed by atoms with van der Waals surface area (Å²) in [5.74, 6) is -0.697. The Hall–Kier alpha value is -2.37. The largest absolute Gasteiger partial charge is 0.327 e. The topological polar surface area (TPSA) is 66.5 Å². The van der Waals surface area contributed by atoms with E-state index < -0.39 is 6.04 Å². The fourth-order valence-electron chi connectivity index (χ4n) is 3.14. The van der Waals surface area contributed by atoms with E-state index in [4.69, 9.17) is 23.2 Å². The molecule has 1 aliphatic rings. The molecule has 3 rings (SSSR count). The smallest absolute Gasteiger partial charge is 0.256 e. The van der Waals surface area contributed by atoms with Crippen molar-refractivity contribution in [2.24, 2.45) is 0 Å². The van der Waals surface area contributed by atoms with Gasteiger partial charge in [0, 0.05) is 22.8 Å². The number of hydrogen-bond donors (Lipinski definition) is 1. The zero-order valence-electron chi connectivity index (χ0n) is 14.7. The van der Waals surface area contributed by atoms with Crippen LogP contribution >= 0.6 is 23.2 Å². The van der Waals surface area contributed by atoms with Gasteiger partial charge in [0.1, 0.15) is 6.04 Å². The first kappa shape index (κ1) is 19.4. The molecule has 0 radical (unpaired) electrons. The number of Topliss-reactive ketones (excluding diaryl/α,β-unsaturated/α-hetero) is 1. The lowest BCUT2D eigenvalue weighted by Crippen LogP contribution is -2.43. The number of carbonyl (C=O) groups excluding carboxylic acids is 3. The first-order valence-electron chi connectivity index (χ1n) is 8.54. The lowest BCUT2D eigenvalue weighted by atomic mass is 10.1. The minimum absolute atomic E-state index is 0.0839. The van der Waals surface area contributed by atoms with Gasteiger partial charge in [0.25, 0.3) is 5.91 Å². The molecule has 2 aromatic rings. The average molecular weight is 405 g/mol. The third-order valence-electron chi connectivity index (χ3n) is 4.51. The highest BCUT2D eigenvalue weighted by Crippen LogP contribution is 2.27. The first-order chi connectivity index (χ1) is 12.9. The van der Waals surface area contributed by atoms with Gasteiger partial charge in [-0.3, -0.25) is 14.4 Å². The standard InChI is InChI=1S/C20H18Cl2N2O3/c1-12(25)13-4-2-5-15(10-13)23-19(26)18-6-3-9-24(18)20(27)16-11-14(21)7-8-17(16)22/h2,4-5,7-8,10-11,18H,3,6,9H2,1H3,(H,23,26). The third-order valence-corrected chi connectivity index (χ3v) is 5.08. The molecule has 0 saturated carbocycles.